The molecule has 0 saturated heterocycles. The lowest BCUT2D eigenvalue weighted by Gasteiger charge is -2.09. The van der Waals surface area contributed by atoms with Crippen molar-refractivity contribution in [3.8, 4) is 0 Å². The van der Waals surface area contributed by atoms with Crippen molar-refractivity contribution in [2.45, 2.75) is 12.8 Å². The fraction of sp³-hybridized carbons (Fsp3) is 0.500. The number of nitrogens with zero attached hydrogens (tertiary/aromatic N) is 2. The molecule has 0 aromatic carbocycles. The van der Waals surface area contributed by atoms with E-state index in [2.05, 4.69) is 0 Å². The van der Waals surface area contributed by atoms with Gasteiger partial charge in [0.25, 0.3) is 0 Å². The molecular weight excluding hydrogens is 132 g/mol. The van der Waals surface area contributed by atoms with Crippen LogP contribution >= 0.6 is 0 Å². The molecule has 0 unspecified atom stereocenters. The summed E-state index contributed by atoms with van der Waals surface area (Å²) in [6, 6.07) is 0. The van der Waals surface area contributed by atoms with E-state index in [1.165, 1.54) is 11.5 Å². The highest BCUT2D eigenvalue weighted by atomic mass is 16.5. The number of imidazole rings is 1. The monoisotopic (exact) mass is 143 g/mol. The van der Waals surface area contributed by atoms with Crippen LogP contribution in [-0.2, 0) is 13.0 Å². The van der Waals surface area contributed by atoms with Gasteiger partial charge in [-0.2, -0.15) is 4.57 Å². The second-order valence-electron chi connectivity index (χ2n) is 2.46. The topological polar surface area (TPSA) is 49.3 Å². The number of rotatable bonds is 1. The minimum absolute atomic E-state index is 1.30. The molecule has 0 amide bonds. The van der Waals surface area contributed by atoms with Crippen molar-refractivity contribution >= 4 is 0 Å². The Balaban J connectivity index is 2.96. The van der Waals surface area contributed by atoms with Crippen molar-refractivity contribution in [2.24, 2.45) is 7.05 Å². The van der Waals surface area contributed by atoms with Crippen LogP contribution in [0.15, 0.2) is 18.7 Å². The van der Waals surface area contributed by atoms with E-state index in [1.807, 2.05) is 7.05 Å². The molecule has 1 heterocycles. The molecule has 4 nitrogen and oxygen atoms in total. The van der Waals surface area contributed by atoms with Gasteiger partial charge in [0.2, 0.25) is 6.33 Å². The Hall–Kier alpha value is -0.870. The molecule has 1 rings (SSSR count). The van der Waals surface area contributed by atoms with E-state index in [4.69, 9.17) is 10.2 Å². The molecular formula is C6H11N2O2+. The molecule has 0 saturated carbocycles. The molecule has 56 valence electrons. The quantitative estimate of drug-likeness (QED) is 0.388. The van der Waals surface area contributed by atoms with E-state index < -0.39 is 5.91 Å². The average Bonchev–Trinajstić information content (AvgIpc) is 2.11. The van der Waals surface area contributed by atoms with Crippen molar-refractivity contribution in [3.05, 3.63) is 18.7 Å². The Morgan fingerprint density at radius 2 is 2.10 bits per heavy atom. The number of hydrogen-bond acceptors (Lipinski definition) is 2. The van der Waals surface area contributed by atoms with Crippen LogP contribution in [0.4, 0.5) is 0 Å². The minimum Gasteiger partial charge on any atom is -0.330 e. The third-order valence-corrected chi connectivity index (χ3v) is 1.26. The Bertz CT molecular complexity index is 224. The van der Waals surface area contributed by atoms with Crippen molar-refractivity contribution in [3.63, 3.8) is 0 Å². The molecule has 0 aliphatic rings. The first-order valence-corrected chi connectivity index (χ1v) is 2.98. The SMILES string of the molecule is C[n+]1ccn(C(C)(O)O)c1. The van der Waals surface area contributed by atoms with Gasteiger partial charge in [-0.15, -0.1) is 0 Å². The predicted octanol–water partition coefficient (Wildman–Crippen LogP) is -1.07. The third kappa shape index (κ3) is 1.34. The zero-order chi connectivity index (χ0) is 7.78. The Morgan fingerprint density at radius 3 is 2.30 bits per heavy atom. The standard InChI is InChI=1S/C6H11N2O2/c1-6(9,10)8-4-3-7(2)5-8/h3-5,9-10H,1-2H3/q+1. The summed E-state index contributed by atoms with van der Waals surface area (Å²) in [5.41, 5.74) is 0. The van der Waals surface area contributed by atoms with E-state index >= 15 is 0 Å². The van der Waals surface area contributed by atoms with Crippen molar-refractivity contribution in [1.82, 2.24) is 4.57 Å². The van der Waals surface area contributed by atoms with Crippen LogP contribution in [0.2, 0.25) is 0 Å². The van der Waals surface area contributed by atoms with Gasteiger partial charge in [-0.25, -0.2) is 4.57 Å². The van der Waals surface area contributed by atoms with Gasteiger partial charge in [-0.3, -0.25) is 0 Å². The summed E-state index contributed by atoms with van der Waals surface area (Å²) in [6.07, 6.45) is 4.89. The molecule has 2 N–H and O–H groups in total. The van der Waals surface area contributed by atoms with Crippen LogP contribution in [0.1, 0.15) is 6.92 Å². The normalized spacial score (nSPS) is 12.0. The van der Waals surface area contributed by atoms with Crippen LogP contribution in [0, 0.1) is 0 Å². The predicted molar refractivity (Wildman–Crippen MR) is 33.7 cm³/mol. The van der Waals surface area contributed by atoms with Gasteiger partial charge in [0, 0.05) is 6.92 Å². The number of aryl methyl sites for hydroxylation is 1. The fourth-order valence-corrected chi connectivity index (χ4v) is 0.701. The maximum Gasteiger partial charge on any atom is 0.319 e. The van der Waals surface area contributed by atoms with Gasteiger partial charge in [0.1, 0.15) is 12.4 Å². The summed E-state index contributed by atoms with van der Waals surface area (Å²) in [5.74, 6) is -1.79. The van der Waals surface area contributed by atoms with Gasteiger partial charge in [0.05, 0.1) is 7.05 Å². The molecule has 0 aliphatic carbocycles. The lowest BCUT2D eigenvalue weighted by atomic mass is 10.5. The lowest BCUT2D eigenvalue weighted by Crippen LogP contribution is -2.31. The Labute approximate surface area is 59.0 Å². The molecule has 0 spiro atoms. The van der Waals surface area contributed by atoms with E-state index in [0.29, 0.717) is 0 Å². The second kappa shape index (κ2) is 2.07. The smallest absolute Gasteiger partial charge is 0.319 e. The first-order chi connectivity index (χ1) is 4.50. The van der Waals surface area contributed by atoms with Crippen molar-refractivity contribution < 1.29 is 14.8 Å². The van der Waals surface area contributed by atoms with Gasteiger partial charge in [-0.1, -0.05) is 0 Å². The summed E-state index contributed by atoms with van der Waals surface area (Å²) >= 11 is 0. The summed E-state index contributed by atoms with van der Waals surface area (Å²) in [6.45, 7) is 1.30. The van der Waals surface area contributed by atoms with Crippen LogP contribution in [0.5, 0.6) is 0 Å². The van der Waals surface area contributed by atoms with E-state index in [-0.39, 0.29) is 0 Å². The van der Waals surface area contributed by atoms with E-state index in [9.17, 15) is 0 Å². The maximum atomic E-state index is 9.01. The third-order valence-electron chi connectivity index (χ3n) is 1.26. The Kier molecular flexibility index (Phi) is 1.50. The molecule has 0 aliphatic heterocycles. The first-order valence-electron chi connectivity index (χ1n) is 2.98. The average molecular weight is 143 g/mol. The summed E-state index contributed by atoms with van der Waals surface area (Å²) in [5, 5.41) is 18.0. The maximum absolute atomic E-state index is 9.01. The molecule has 1 aromatic heterocycles. The van der Waals surface area contributed by atoms with Crippen LogP contribution in [-0.4, -0.2) is 14.8 Å². The van der Waals surface area contributed by atoms with Gasteiger partial charge in [0.15, 0.2) is 0 Å². The summed E-state index contributed by atoms with van der Waals surface area (Å²) < 4.78 is 3.03. The molecule has 0 fully saturated rings. The Morgan fingerprint density at radius 1 is 1.50 bits per heavy atom. The van der Waals surface area contributed by atoms with Crippen LogP contribution in [0.3, 0.4) is 0 Å². The highest BCUT2D eigenvalue weighted by Gasteiger charge is 2.23. The van der Waals surface area contributed by atoms with Crippen molar-refractivity contribution in [1.29, 1.82) is 0 Å². The molecule has 0 atom stereocenters. The van der Waals surface area contributed by atoms with Gasteiger partial charge < -0.3 is 10.2 Å². The largest absolute Gasteiger partial charge is 0.330 e. The minimum atomic E-state index is -1.79. The first kappa shape index (κ1) is 7.24. The number of aliphatic hydroxyl groups is 2. The van der Waals surface area contributed by atoms with Crippen LogP contribution in [0.25, 0.3) is 0 Å². The highest BCUT2D eigenvalue weighted by Crippen LogP contribution is 2.03. The lowest BCUT2D eigenvalue weighted by molar-refractivity contribution is -0.671. The summed E-state index contributed by atoms with van der Waals surface area (Å²) in [4.78, 5) is 0. The van der Waals surface area contributed by atoms with E-state index in [0.717, 1.165) is 0 Å². The zero-order valence-electron chi connectivity index (χ0n) is 6.02. The molecule has 0 radical (unpaired) electrons. The number of aromatic nitrogens is 2. The van der Waals surface area contributed by atoms with Crippen molar-refractivity contribution in [2.75, 3.05) is 0 Å². The molecule has 0 bridgehead atoms. The fourth-order valence-electron chi connectivity index (χ4n) is 0.701. The van der Waals surface area contributed by atoms with Gasteiger partial charge >= 0.3 is 5.91 Å². The number of hydrogen-bond donors (Lipinski definition) is 2. The zero-order valence-corrected chi connectivity index (χ0v) is 6.02. The molecule has 4 heteroatoms. The highest BCUT2D eigenvalue weighted by molar-refractivity contribution is 4.69. The van der Waals surface area contributed by atoms with Gasteiger partial charge in [-0.05, 0) is 0 Å². The summed E-state index contributed by atoms with van der Waals surface area (Å²) in [7, 11) is 1.81. The second-order valence-corrected chi connectivity index (χ2v) is 2.46. The molecule has 10 heavy (non-hydrogen) atoms. The molecule has 1 aromatic rings. The van der Waals surface area contributed by atoms with E-state index in [1.54, 1.807) is 23.3 Å². The van der Waals surface area contributed by atoms with Crippen LogP contribution < -0.4 is 4.57 Å².